The number of aryl methyl sites for hydroxylation is 1. The van der Waals surface area contributed by atoms with Gasteiger partial charge in [-0.3, -0.25) is 4.79 Å². The summed E-state index contributed by atoms with van der Waals surface area (Å²) in [7, 11) is 1.59. The Bertz CT molecular complexity index is 455. The van der Waals surface area contributed by atoms with Gasteiger partial charge in [-0.15, -0.1) is 0 Å². The fourth-order valence-electron chi connectivity index (χ4n) is 1.64. The van der Waals surface area contributed by atoms with Crippen molar-refractivity contribution in [3.8, 4) is 11.5 Å². The van der Waals surface area contributed by atoms with Crippen LogP contribution in [0.5, 0.6) is 11.5 Å². The van der Waals surface area contributed by atoms with Gasteiger partial charge in [0.05, 0.1) is 17.7 Å². The van der Waals surface area contributed by atoms with Crippen molar-refractivity contribution in [1.29, 1.82) is 0 Å². The molecule has 0 heterocycles. The highest BCUT2D eigenvalue weighted by Gasteiger charge is 2.26. The van der Waals surface area contributed by atoms with E-state index in [4.69, 9.17) is 14.6 Å². The fourth-order valence-corrected chi connectivity index (χ4v) is 2.22. The minimum Gasteiger partial charge on any atom is -0.493 e. The van der Waals surface area contributed by atoms with Crippen LogP contribution in [-0.4, -0.2) is 24.3 Å². The Labute approximate surface area is 114 Å². The van der Waals surface area contributed by atoms with Gasteiger partial charge >= 0.3 is 5.97 Å². The molecule has 0 unspecified atom stereocenters. The second-order valence-electron chi connectivity index (χ2n) is 4.32. The van der Waals surface area contributed by atoms with Crippen molar-refractivity contribution in [3.63, 3.8) is 0 Å². The number of ether oxygens (including phenoxy) is 2. The molecule has 0 bridgehead atoms. The van der Waals surface area contributed by atoms with Crippen molar-refractivity contribution in [3.05, 3.63) is 22.2 Å². The molecular formula is C13H15BrO4. The molecule has 4 nitrogen and oxygen atoms in total. The summed E-state index contributed by atoms with van der Waals surface area (Å²) in [5.74, 6) is 0.555. The first-order chi connectivity index (χ1) is 8.60. The number of hydrogen-bond acceptors (Lipinski definition) is 3. The Morgan fingerprint density at radius 1 is 1.50 bits per heavy atom. The predicted octanol–water partition coefficient (Wildman–Crippen LogP) is 3.02. The van der Waals surface area contributed by atoms with Crippen LogP contribution in [0.2, 0.25) is 0 Å². The van der Waals surface area contributed by atoms with Crippen LogP contribution in [0, 0.1) is 0 Å². The van der Waals surface area contributed by atoms with E-state index in [1.165, 1.54) is 0 Å². The van der Waals surface area contributed by atoms with Crippen LogP contribution >= 0.6 is 15.9 Å². The lowest BCUT2D eigenvalue weighted by Gasteiger charge is -2.13. The molecule has 0 aliphatic heterocycles. The molecule has 1 aromatic carbocycles. The molecule has 0 amide bonds. The van der Waals surface area contributed by atoms with Gasteiger partial charge in [0.2, 0.25) is 0 Å². The third kappa shape index (κ3) is 3.38. The molecule has 0 atom stereocenters. The summed E-state index contributed by atoms with van der Waals surface area (Å²) in [5, 5.41) is 8.68. The maximum absolute atomic E-state index is 10.6. The lowest BCUT2D eigenvalue weighted by molar-refractivity contribution is -0.136. The normalized spacial score (nSPS) is 14.3. The first-order valence-corrected chi connectivity index (χ1v) is 6.64. The molecular weight excluding hydrogens is 300 g/mol. The van der Waals surface area contributed by atoms with Crippen molar-refractivity contribution in [1.82, 2.24) is 0 Å². The SMILES string of the molecule is COc1cc(CCC(=O)O)cc(Br)c1OC1CC1. The monoisotopic (exact) mass is 314 g/mol. The van der Waals surface area contributed by atoms with Crippen molar-refractivity contribution < 1.29 is 19.4 Å². The van der Waals surface area contributed by atoms with E-state index in [0.29, 0.717) is 24.0 Å². The van der Waals surface area contributed by atoms with Gasteiger partial charge in [-0.25, -0.2) is 0 Å². The highest BCUT2D eigenvalue weighted by atomic mass is 79.9. The van der Waals surface area contributed by atoms with E-state index < -0.39 is 5.97 Å². The Balaban J connectivity index is 2.18. The zero-order valence-corrected chi connectivity index (χ0v) is 11.7. The summed E-state index contributed by atoms with van der Waals surface area (Å²) in [5.41, 5.74) is 0.921. The van der Waals surface area contributed by atoms with Crippen molar-refractivity contribution in [2.24, 2.45) is 0 Å². The largest absolute Gasteiger partial charge is 0.493 e. The Morgan fingerprint density at radius 3 is 2.78 bits per heavy atom. The second-order valence-corrected chi connectivity index (χ2v) is 5.17. The first-order valence-electron chi connectivity index (χ1n) is 5.85. The highest BCUT2D eigenvalue weighted by molar-refractivity contribution is 9.10. The Hall–Kier alpha value is -1.23. The molecule has 1 aliphatic carbocycles. The van der Waals surface area contributed by atoms with Gasteiger partial charge in [-0.05, 0) is 52.9 Å². The van der Waals surface area contributed by atoms with Crippen molar-refractivity contribution in [2.45, 2.75) is 31.8 Å². The number of hydrogen-bond donors (Lipinski definition) is 1. The molecule has 5 heteroatoms. The van der Waals surface area contributed by atoms with Crippen LogP contribution in [-0.2, 0) is 11.2 Å². The molecule has 98 valence electrons. The third-order valence-corrected chi connectivity index (χ3v) is 3.31. The number of carboxylic acid groups (broad SMARTS) is 1. The molecule has 0 radical (unpaired) electrons. The van der Waals surface area contributed by atoms with Crippen LogP contribution in [0.3, 0.4) is 0 Å². The molecule has 1 aromatic rings. The number of rotatable bonds is 6. The summed E-state index contributed by atoms with van der Waals surface area (Å²) < 4.78 is 11.9. The van der Waals surface area contributed by atoms with Gasteiger partial charge in [-0.2, -0.15) is 0 Å². The molecule has 18 heavy (non-hydrogen) atoms. The quantitative estimate of drug-likeness (QED) is 0.877. The molecule has 0 aromatic heterocycles. The summed E-state index contributed by atoms with van der Waals surface area (Å²) in [6, 6.07) is 3.73. The topological polar surface area (TPSA) is 55.8 Å². The van der Waals surface area contributed by atoms with E-state index in [9.17, 15) is 4.79 Å². The van der Waals surface area contributed by atoms with Crippen molar-refractivity contribution in [2.75, 3.05) is 7.11 Å². The zero-order chi connectivity index (χ0) is 13.1. The Morgan fingerprint density at radius 2 is 2.22 bits per heavy atom. The number of halogens is 1. The minimum atomic E-state index is -0.802. The number of carboxylic acids is 1. The minimum absolute atomic E-state index is 0.110. The lowest BCUT2D eigenvalue weighted by Crippen LogP contribution is -2.02. The second kappa shape index (κ2) is 5.61. The van der Waals surface area contributed by atoms with Crippen LogP contribution in [0.25, 0.3) is 0 Å². The molecule has 2 rings (SSSR count). The van der Waals surface area contributed by atoms with Gasteiger partial charge in [0.25, 0.3) is 0 Å². The van der Waals surface area contributed by atoms with Gasteiger partial charge in [0, 0.05) is 6.42 Å². The number of carbonyl (C=O) groups is 1. The maximum atomic E-state index is 10.6. The van der Waals surface area contributed by atoms with Gasteiger partial charge in [0.15, 0.2) is 11.5 Å². The van der Waals surface area contributed by atoms with Gasteiger partial charge in [0.1, 0.15) is 0 Å². The molecule has 1 saturated carbocycles. The van der Waals surface area contributed by atoms with E-state index >= 15 is 0 Å². The summed E-state index contributed by atoms with van der Waals surface area (Å²) in [6.45, 7) is 0. The van der Waals surface area contributed by atoms with Crippen LogP contribution in [0.1, 0.15) is 24.8 Å². The predicted molar refractivity (Wildman–Crippen MR) is 70.3 cm³/mol. The number of benzene rings is 1. The van der Waals surface area contributed by atoms with Crippen molar-refractivity contribution >= 4 is 21.9 Å². The van der Waals surface area contributed by atoms with E-state index in [1.54, 1.807) is 7.11 Å². The number of methoxy groups -OCH3 is 1. The summed E-state index contributed by atoms with van der Waals surface area (Å²) in [6.07, 6.45) is 3.04. The van der Waals surface area contributed by atoms with Crippen LogP contribution in [0.4, 0.5) is 0 Å². The summed E-state index contributed by atoms with van der Waals surface area (Å²) in [4.78, 5) is 10.6. The highest BCUT2D eigenvalue weighted by Crippen LogP contribution is 2.40. The molecule has 0 saturated heterocycles. The third-order valence-electron chi connectivity index (χ3n) is 2.73. The lowest BCUT2D eigenvalue weighted by atomic mass is 10.1. The number of aliphatic carboxylic acids is 1. The van der Waals surface area contributed by atoms with Gasteiger partial charge in [-0.1, -0.05) is 0 Å². The average molecular weight is 315 g/mol. The molecule has 0 spiro atoms. The molecule has 1 N–H and O–H groups in total. The standard InChI is InChI=1S/C13H15BrO4/c1-17-11-7-8(2-5-12(15)16)6-10(14)13(11)18-9-3-4-9/h6-7,9H,2-5H2,1H3,(H,15,16). The zero-order valence-electron chi connectivity index (χ0n) is 10.1. The van der Waals surface area contributed by atoms with E-state index in [-0.39, 0.29) is 6.42 Å². The molecule has 1 fully saturated rings. The van der Waals surface area contributed by atoms with Gasteiger partial charge < -0.3 is 14.6 Å². The fraction of sp³-hybridized carbons (Fsp3) is 0.462. The van der Waals surface area contributed by atoms with E-state index in [1.807, 2.05) is 12.1 Å². The van der Waals surface area contributed by atoms with Crippen LogP contribution < -0.4 is 9.47 Å². The smallest absolute Gasteiger partial charge is 0.303 e. The van der Waals surface area contributed by atoms with Crippen LogP contribution in [0.15, 0.2) is 16.6 Å². The average Bonchev–Trinajstić information content (AvgIpc) is 3.13. The Kier molecular flexibility index (Phi) is 4.11. The first kappa shape index (κ1) is 13.2. The summed E-state index contributed by atoms with van der Waals surface area (Å²) >= 11 is 3.45. The molecule has 1 aliphatic rings. The maximum Gasteiger partial charge on any atom is 0.303 e. The van der Waals surface area contributed by atoms with E-state index in [0.717, 1.165) is 22.9 Å². The van der Waals surface area contributed by atoms with E-state index in [2.05, 4.69) is 15.9 Å².